The molecule has 0 bridgehead atoms. The summed E-state index contributed by atoms with van der Waals surface area (Å²) in [6.07, 6.45) is 3.75. The van der Waals surface area contributed by atoms with Crippen molar-refractivity contribution in [3.63, 3.8) is 0 Å². The number of carbonyl (C=O) groups excluding carboxylic acids is 2. The van der Waals surface area contributed by atoms with Gasteiger partial charge in [0.1, 0.15) is 18.7 Å². The van der Waals surface area contributed by atoms with Gasteiger partial charge < -0.3 is 0 Å². The highest BCUT2D eigenvalue weighted by Crippen LogP contribution is 2.21. The maximum absolute atomic E-state index is 12.6. The lowest BCUT2D eigenvalue weighted by Gasteiger charge is -2.25. The highest BCUT2D eigenvalue weighted by atomic mass is 16.2. The average Bonchev–Trinajstić information content (AvgIpc) is 2.53. The van der Waals surface area contributed by atoms with Crippen LogP contribution in [-0.4, -0.2) is 16.8 Å². The molecule has 0 saturated heterocycles. The van der Waals surface area contributed by atoms with Gasteiger partial charge in [-0.2, -0.15) is 9.47 Å². The fourth-order valence-electron chi connectivity index (χ4n) is 2.56. The van der Waals surface area contributed by atoms with E-state index in [0.29, 0.717) is 18.9 Å². The Morgan fingerprint density at radius 2 is 1.95 bits per heavy atom. The summed E-state index contributed by atoms with van der Waals surface area (Å²) in [6.45, 7) is 2.27. The molecule has 2 heterocycles. The molecule has 0 N–H and O–H groups in total. The molecular formula is C16H16N3O2+. The Kier molecular flexibility index (Phi) is 3.48. The predicted molar refractivity (Wildman–Crippen MR) is 76.5 cm³/mol. The molecule has 0 radical (unpaired) electrons. The Morgan fingerprint density at radius 3 is 2.67 bits per heavy atom. The minimum absolute atomic E-state index is 0.176. The maximum Gasteiger partial charge on any atom is 0.408 e. The Morgan fingerprint density at radius 1 is 1.19 bits per heavy atom. The zero-order chi connectivity index (χ0) is 14.8. The van der Waals surface area contributed by atoms with E-state index in [1.807, 2.05) is 37.3 Å². The van der Waals surface area contributed by atoms with Crippen LogP contribution in [0, 0.1) is 5.92 Å². The normalized spacial score (nSPS) is 17.8. The highest BCUT2D eigenvalue weighted by molar-refractivity contribution is 6.06. The fraction of sp³-hybridized carbons (Fsp3) is 0.250. The van der Waals surface area contributed by atoms with Gasteiger partial charge in [0.15, 0.2) is 0 Å². The molecule has 3 rings (SSSR count). The third kappa shape index (κ3) is 2.31. The molecule has 21 heavy (non-hydrogen) atoms. The molecule has 0 fully saturated rings. The van der Waals surface area contributed by atoms with Gasteiger partial charge in [-0.3, -0.25) is 9.59 Å². The molecule has 1 unspecified atom stereocenters. The lowest BCUT2D eigenvalue weighted by molar-refractivity contribution is -0.568. The second kappa shape index (κ2) is 5.44. The molecule has 1 aliphatic heterocycles. The van der Waals surface area contributed by atoms with Gasteiger partial charge in [-0.1, -0.05) is 42.2 Å². The van der Waals surface area contributed by atoms with Gasteiger partial charge in [-0.15, -0.1) is 0 Å². The Bertz CT molecular complexity index is 685. The first-order valence-corrected chi connectivity index (χ1v) is 6.98. The van der Waals surface area contributed by atoms with E-state index in [1.54, 1.807) is 23.4 Å². The third-order valence-corrected chi connectivity index (χ3v) is 3.66. The van der Waals surface area contributed by atoms with Crippen molar-refractivity contribution < 1.29 is 14.2 Å². The number of hydrogen-bond donors (Lipinski definition) is 0. The molecule has 0 spiro atoms. The summed E-state index contributed by atoms with van der Waals surface area (Å²) in [5, 5.41) is 0. The number of rotatable bonds is 3. The topological polar surface area (TPSA) is 54.2 Å². The maximum atomic E-state index is 12.6. The van der Waals surface area contributed by atoms with Crippen molar-refractivity contribution in [2.75, 3.05) is 4.90 Å². The molecule has 5 nitrogen and oxygen atoms in total. The van der Waals surface area contributed by atoms with Crippen LogP contribution in [-0.2, 0) is 11.3 Å². The van der Waals surface area contributed by atoms with E-state index in [2.05, 4.69) is 4.98 Å². The Balaban J connectivity index is 2.04. The SMILES string of the molecule is CCC1C(=O)N(Cc2ccccc2)c2nccc[n+]2C1=O. The van der Waals surface area contributed by atoms with Gasteiger partial charge in [-0.25, -0.2) is 0 Å². The van der Waals surface area contributed by atoms with Gasteiger partial charge in [0.05, 0.1) is 6.20 Å². The van der Waals surface area contributed by atoms with Crippen LogP contribution in [0.1, 0.15) is 23.7 Å². The van der Waals surface area contributed by atoms with Crippen molar-refractivity contribution in [3.05, 3.63) is 54.4 Å². The van der Waals surface area contributed by atoms with E-state index in [4.69, 9.17) is 0 Å². The molecule has 106 valence electrons. The predicted octanol–water partition coefficient (Wildman–Crippen LogP) is 1.58. The molecule has 1 amide bonds. The van der Waals surface area contributed by atoms with Crippen molar-refractivity contribution >= 4 is 17.8 Å². The molecule has 1 aromatic heterocycles. The molecule has 0 aliphatic carbocycles. The zero-order valence-electron chi connectivity index (χ0n) is 11.8. The summed E-state index contributed by atoms with van der Waals surface area (Å²) < 4.78 is 1.47. The Hall–Kier alpha value is -2.56. The van der Waals surface area contributed by atoms with Gasteiger partial charge in [0, 0.05) is 6.07 Å². The van der Waals surface area contributed by atoms with E-state index in [-0.39, 0.29) is 11.8 Å². The summed E-state index contributed by atoms with van der Waals surface area (Å²) in [6, 6.07) is 11.4. The summed E-state index contributed by atoms with van der Waals surface area (Å²) in [5.74, 6) is -0.614. The number of aromatic nitrogens is 2. The van der Waals surface area contributed by atoms with E-state index in [0.717, 1.165) is 5.56 Å². The zero-order valence-corrected chi connectivity index (χ0v) is 11.8. The van der Waals surface area contributed by atoms with Crippen LogP contribution in [0.3, 0.4) is 0 Å². The van der Waals surface area contributed by atoms with Crippen molar-refractivity contribution in [2.45, 2.75) is 19.9 Å². The minimum atomic E-state index is -0.629. The van der Waals surface area contributed by atoms with E-state index < -0.39 is 5.92 Å². The first-order valence-electron chi connectivity index (χ1n) is 6.98. The Labute approximate surface area is 122 Å². The quantitative estimate of drug-likeness (QED) is 0.634. The molecule has 0 saturated carbocycles. The smallest absolute Gasteiger partial charge is 0.255 e. The van der Waals surface area contributed by atoms with Crippen molar-refractivity contribution in [1.29, 1.82) is 0 Å². The molecule has 1 aromatic carbocycles. The third-order valence-electron chi connectivity index (χ3n) is 3.66. The summed E-state index contributed by atoms with van der Waals surface area (Å²) in [5.41, 5.74) is 1.01. The average molecular weight is 282 g/mol. The van der Waals surface area contributed by atoms with Crippen LogP contribution in [0.5, 0.6) is 0 Å². The van der Waals surface area contributed by atoms with Crippen LogP contribution < -0.4 is 9.47 Å². The van der Waals surface area contributed by atoms with Gasteiger partial charge in [0.2, 0.25) is 0 Å². The largest absolute Gasteiger partial charge is 0.408 e. The van der Waals surface area contributed by atoms with Crippen LogP contribution in [0.2, 0.25) is 0 Å². The van der Waals surface area contributed by atoms with Crippen LogP contribution in [0.4, 0.5) is 5.95 Å². The summed E-state index contributed by atoms with van der Waals surface area (Å²) in [4.78, 5) is 30.7. The molecule has 5 heteroatoms. The first-order chi connectivity index (χ1) is 10.2. The lowest BCUT2D eigenvalue weighted by Crippen LogP contribution is -2.61. The van der Waals surface area contributed by atoms with Gasteiger partial charge in [0.25, 0.3) is 5.91 Å². The van der Waals surface area contributed by atoms with Crippen molar-refractivity contribution in [1.82, 2.24) is 4.98 Å². The monoisotopic (exact) mass is 282 g/mol. The number of nitrogens with zero attached hydrogens (tertiary/aromatic N) is 3. The first kappa shape index (κ1) is 13.4. The second-order valence-electron chi connectivity index (χ2n) is 5.00. The number of benzene rings is 1. The van der Waals surface area contributed by atoms with Crippen LogP contribution >= 0.6 is 0 Å². The summed E-state index contributed by atoms with van der Waals surface area (Å²) in [7, 11) is 0. The van der Waals surface area contributed by atoms with Crippen LogP contribution in [0.25, 0.3) is 0 Å². The number of hydrogen-bond acceptors (Lipinski definition) is 3. The van der Waals surface area contributed by atoms with Crippen molar-refractivity contribution in [2.24, 2.45) is 5.92 Å². The number of amides is 1. The lowest BCUT2D eigenvalue weighted by atomic mass is 10.0. The fourth-order valence-corrected chi connectivity index (χ4v) is 2.56. The molecule has 1 atom stereocenters. The number of carbonyl (C=O) groups is 2. The summed E-state index contributed by atoms with van der Waals surface area (Å²) >= 11 is 0. The van der Waals surface area contributed by atoms with E-state index in [1.165, 1.54) is 4.57 Å². The molecular weight excluding hydrogens is 266 g/mol. The highest BCUT2D eigenvalue weighted by Gasteiger charge is 2.45. The van der Waals surface area contributed by atoms with E-state index in [9.17, 15) is 9.59 Å². The van der Waals surface area contributed by atoms with Crippen molar-refractivity contribution in [3.8, 4) is 0 Å². The molecule has 1 aliphatic rings. The second-order valence-corrected chi connectivity index (χ2v) is 5.00. The number of anilines is 1. The van der Waals surface area contributed by atoms with Crippen LogP contribution in [0.15, 0.2) is 48.8 Å². The minimum Gasteiger partial charge on any atom is -0.255 e. The van der Waals surface area contributed by atoms with E-state index >= 15 is 0 Å². The number of fused-ring (bicyclic) bond motifs is 1. The van der Waals surface area contributed by atoms with Gasteiger partial charge >= 0.3 is 11.9 Å². The molecule has 2 aromatic rings. The van der Waals surface area contributed by atoms with Gasteiger partial charge in [-0.05, 0) is 12.0 Å². The standard InChI is InChI=1S/C16H16N3O2/c1-2-13-14(20)18-10-6-9-17-16(18)19(15(13)21)11-12-7-4-3-5-8-12/h3-10,13H,2,11H2,1H3/q+1.